The minimum absolute atomic E-state index is 0.0300. The van der Waals surface area contributed by atoms with Gasteiger partial charge in [-0.2, -0.15) is 0 Å². The molecule has 0 bridgehead atoms. The molecule has 0 radical (unpaired) electrons. The number of hydrogen-bond acceptors (Lipinski definition) is 3. The standard InChI is InChI=1S/C12H24N2O2/c1-2-7-13-8-9-16-10-12(15)14-11-5-3-4-6-11/h11,13H,2-10H2,1H3,(H,14,15). The molecule has 0 aromatic heterocycles. The predicted molar refractivity (Wildman–Crippen MR) is 64.4 cm³/mol. The lowest BCUT2D eigenvalue weighted by Crippen LogP contribution is -2.35. The average molecular weight is 228 g/mol. The van der Waals surface area contributed by atoms with Crippen molar-refractivity contribution < 1.29 is 9.53 Å². The highest BCUT2D eigenvalue weighted by Crippen LogP contribution is 2.17. The fraction of sp³-hybridized carbons (Fsp3) is 0.917. The lowest BCUT2D eigenvalue weighted by molar-refractivity contribution is -0.126. The quantitative estimate of drug-likeness (QED) is 0.611. The van der Waals surface area contributed by atoms with Gasteiger partial charge >= 0.3 is 0 Å². The molecule has 1 amide bonds. The van der Waals surface area contributed by atoms with Crippen molar-refractivity contribution in [2.24, 2.45) is 0 Å². The van der Waals surface area contributed by atoms with Crippen molar-refractivity contribution in [3.8, 4) is 0 Å². The first-order chi connectivity index (χ1) is 7.83. The summed E-state index contributed by atoms with van der Waals surface area (Å²) in [6, 6.07) is 0.398. The van der Waals surface area contributed by atoms with Gasteiger partial charge in [0.25, 0.3) is 0 Å². The Morgan fingerprint density at radius 1 is 1.31 bits per heavy atom. The minimum Gasteiger partial charge on any atom is -0.370 e. The largest absolute Gasteiger partial charge is 0.370 e. The molecule has 0 atom stereocenters. The molecule has 1 aliphatic carbocycles. The number of amides is 1. The Balaban J connectivity index is 1.89. The molecule has 94 valence electrons. The van der Waals surface area contributed by atoms with Crippen LogP contribution in [-0.2, 0) is 9.53 Å². The third kappa shape index (κ3) is 6.08. The first-order valence-electron chi connectivity index (χ1n) is 6.40. The van der Waals surface area contributed by atoms with Crippen molar-refractivity contribution in [1.29, 1.82) is 0 Å². The van der Waals surface area contributed by atoms with Crippen LogP contribution in [0.4, 0.5) is 0 Å². The lowest BCUT2D eigenvalue weighted by atomic mass is 10.2. The third-order valence-corrected chi connectivity index (χ3v) is 2.80. The van der Waals surface area contributed by atoms with Gasteiger partial charge in [-0.15, -0.1) is 0 Å². The summed E-state index contributed by atoms with van der Waals surface area (Å²) in [7, 11) is 0. The van der Waals surface area contributed by atoms with Gasteiger partial charge in [-0.1, -0.05) is 19.8 Å². The van der Waals surface area contributed by atoms with E-state index in [0.717, 1.165) is 32.4 Å². The summed E-state index contributed by atoms with van der Waals surface area (Å²) in [5.41, 5.74) is 0. The van der Waals surface area contributed by atoms with Crippen LogP contribution in [0.5, 0.6) is 0 Å². The van der Waals surface area contributed by atoms with E-state index in [4.69, 9.17) is 4.74 Å². The van der Waals surface area contributed by atoms with Gasteiger partial charge in [-0.25, -0.2) is 0 Å². The molecule has 0 spiro atoms. The van der Waals surface area contributed by atoms with Crippen LogP contribution >= 0.6 is 0 Å². The highest BCUT2D eigenvalue weighted by molar-refractivity contribution is 5.77. The van der Waals surface area contributed by atoms with E-state index < -0.39 is 0 Å². The van der Waals surface area contributed by atoms with Crippen molar-refractivity contribution in [3.05, 3.63) is 0 Å². The first kappa shape index (κ1) is 13.5. The van der Waals surface area contributed by atoms with Gasteiger partial charge in [0.2, 0.25) is 5.91 Å². The SMILES string of the molecule is CCCNCCOCC(=O)NC1CCCC1. The molecular weight excluding hydrogens is 204 g/mol. The van der Waals surface area contributed by atoms with E-state index in [9.17, 15) is 4.79 Å². The Morgan fingerprint density at radius 2 is 2.06 bits per heavy atom. The molecule has 4 heteroatoms. The van der Waals surface area contributed by atoms with E-state index in [2.05, 4.69) is 17.6 Å². The molecule has 16 heavy (non-hydrogen) atoms. The minimum atomic E-state index is 0.0300. The maximum absolute atomic E-state index is 11.4. The van der Waals surface area contributed by atoms with Crippen molar-refractivity contribution in [1.82, 2.24) is 10.6 Å². The summed E-state index contributed by atoms with van der Waals surface area (Å²) >= 11 is 0. The predicted octanol–water partition coefficient (Wildman–Crippen LogP) is 1.06. The summed E-state index contributed by atoms with van der Waals surface area (Å²) in [6.45, 7) is 4.77. The summed E-state index contributed by atoms with van der Waals surface area (Å²) < 4.78 is 5.28. The lowest BCUT2D eigenvalue weighted by Gasteiger charge is -2.11. The molecule has 1 aliphatic rings. The van der Waals surface area contributed by atoms with Gasteiger partial charge in [0.05, 0.1) is 6.61 Å². The monoisotopic (exact) mass is 228 g/mol. The third-order valence-electron chi connectivity index (χ3n) is 2.80. The normalized spacial score (nSPS) is 16.6. The molecule has 1 rings (SSSR count). The van der Waals surface area contributed by atoms with E-state index in [1.54, 1.807) is 0 Å². The zero-order valence-corrected chi connectivity index (χ0v) is 10.3. The number of carbonyl (C=O) groups excluding carboxylic acids is 1. The molecule has 0 aromatic rings. The van der Waals surface area contributed by atoms with Gasteiger partial charge in [-0.3, -0.25) is 4.79 Å². The second kappa shape index (κ2) is 8.53. The van der Waals surface area contributed by atoms with Crippen molar-refractivity contribution >= 4 is 5.91 Å². The van der Waals surface area contributed by atoms with Crippen LogP contribution in [0.1, 0.15) is 39.0 Å². The number of hydrogen-bond donors (Lipinski definition) is 2. The van der Waals surface area contributed by atoms with Crippen LogP contribution in [0.25, 0.3) is 0 Å². The van der Waals surface area contributed by atoms with Crippen LogP contribution in [0, 0.1) is 0 Å². The topological polar surface area (TPSA) is 50.4 Å². The van der Waals surface area contributed by atoms with Crippen LogP contribution < -0.4 is 10.6 Å². The summed E-state index contributed by atoms with van der Waals surface area (Å²) in [4.78, 5) is 11.4. The van der Waals surface area contributed by atoms with Gasteiger partial charge in [0, 0.05) is 12.6 Å². The molecule has 0 unspecified atom stereocenters. The number of carbonyl (C=O) groups is 1. The Morgan fingerprint density at radius 3 is 2.75 bits per heavy atom. The second-order valence-corrected chi connectivity index (χ2v) is 4.35. The maximum Gasteiger partial charge on any atom is 0.246 e. The first-order valence-corrected chi connectivity index (χ1v) is 6.40. The van der Waals surface area contributed by atoms with Gasteiger partial charge in [0.1, 0.15) is 6.61 Å². The van der Waals surface area contributed by atoms with Gasteiger partial charge in [-0.05, 0) is 25.8 Å². The molecular formula is C12H24N2O2. The van der Waals surface area contributed by atoms with E-state index in [1.165, 1.54) is 12.8 Å². The summed E-state index contributed by atoms with van der Waals surface area (Å²) in [5, 5.41) is 6.22. The summed E-state index contributed by atoms with van der Waals surface area (Å²) in [5.74, 6) is 0.0300. The second-order valence-electron chi connectivity index (χ2n) is 4.35. The molecule has 2 N–H and O–H groups in total. The van der Waals surface area contributed by atoms with Crippen LogP contribution in [0.2, 0.25) is 0 Å². The Bertz CT molecular complexity index is 191. The Kier molecular flexibility index (Phi) is 7.17. The molecule has 0 aromatic carbocycles. The average Bonchev–Trinajstić information content (AvgIpc) is 2.76. The zero-order chi connectivity index (χ0) is 11.6. The maximum atomic E-state index is 11.4. The van der Waals surface area contributed by atoms with E-state index in [0.29, 0.717) is 12.6 Å². The number of nitrogens with one attached hydrogen (secondary N) is 2. The number of ether oxygens (including phenoxy) is 1. The van der Waals surface area contributed by atoms with E-state index in [-0.39, 0.29) is 12.5 Å². The molecule has 1 saturated carbocycles. The summed E-state index contributed by atoms with van der Waals surface area (Å²) in [6.07, 6.45) is 5.87. The highest BCUT2D eigenvalue weighted by Gasteiger charge is 2.16. The van der Waals surface area contributed by atoms with Crippen molar-refractivity contribution in [3.63, 3.8) is 0 Å². The smallest absolute Gasteiger partial charge is 0.246 e. The zero-order valence-electron chi connectivity index (χ0n) is 10.3. The Labute approximate surface area is 98.1 Å². The van der Waals surface area contributed by atoms with Crippen LogP contribution in [0.3, 0.4) is 0 Å². The highest BCUT2D eigenvalue weighted by atomic mass is 16.5. The fourth-order valence-corrected chi connectivity index (χ4v) is 1.95. The molecule has 0 heterocycles. The van der Waals surface area contributed by atoms with Crippen LogP contribution in [0.15, 0.2) is 0 Å². The fourth-order valence-electron chi connectivity index (χ4n) is 1.95. The van der Waals surface area contributed by atoms with E-state index >= 15 is 0 Å². The van der Waals surface area contributed by atoms with Crippen LogP contribution in [-0.4, -0.2) is 38.3 Å². The van der Waals surface area contributed by atoms with Crippen molar-refractivity contribution in [2.45, 2.75) is 45.1 Å². The molecule has 1 fully saturated rings. The molecule has 0 saturated heterocycles. The Hall–Kier alpha value is -0.610. The van der Waals surface area contributed by atoms with Crippen molar-refractivity contribution in [2.75, 3.05) is 26.3 Å². The molecule has 4 nitrogen and oxygen atoms in total. The van der Waals surface area contributed by atoms with Gasteiger partial charge in [0.15, 0.2) is 0 Å². The van der Waals surface area contributed by atoms with Gasteiger partial charge < -0.3 is 15.4 Å². The van der Waals surface area contributed by atoms with E-state index in [1.807, 2.05) is 0 Å². The number of rotatable bonds is 8. The molecule has 0 aliphatic heterocycles.